The van der Waals surface area contributed by atoms with E-state index in [1.807, 2.05) is 31.2 Å². The number of nitrogens with zero attached hydrogens (tertiary/aromatic N) is 1. The minimum Gasteiger partial charge on any atom is -0.398 e. The molecule has 0 bridgehead atoms. The fourth-order valence-electron chi connectivity index (χ4n) is 2.76. The highest BCUT2D eigenvalue weighted by Gasteiger charge is 2.06. The van der Waals surface area contributed by atoms with Crippen LogP contribution in [0.25, 0.3) is 10.9 Å². The van der Waals surface area contributed by atoms with E-state index in [0.29, 0.717) is 12.1 Å². The molecule has 4 nitrogen and oxygen atoms in total. The summed E-state index contributed by atoms with van der Waals surface area (Å²) in [5, 5.41) is 3.84. The van der Waals surface area contributed by atoms with Crippen LogP contribution in [0.1, 0.15) is 57.6 Å². The summed E-state index contributed by atoms with van der Waals surface area (Å²) in [4.78, 5) is 16.5. The molecule has 0 atom stereocenters. The van der Waals surface area contributed by atoms with Gasteiger partial charge in [0.2, 0.25) is 5.91 Å². The number of pyridine rings is 1. The number of amides is 1. The lowest BCUT2D eigenvalue weighted by Crippen LogP contribution is -2.11. The van der Waals surface area contributed by atoms with Crippen molar-refractivity contribution in [3.63, 3.8) is 0 Å². The van der Waals surface area contributed by atoms with Gasteiger partial charge in [-0.1, -0.05) is 39.0 Å². The van der Waals surface area contributed by atoms with Crippen LogP contribution >= 0.6 is 0 Å². The number of aromatic nitrogens is 1. The maximum atomic E-state index is 12.0. The quantitative estimate of drug-likeness (QED) is 0.687. The van der Waals surface area contributed by atoms with Gasteiger partial charge >= 0.3 is 0 Å². The predicted molar refractivity (Wildman–Crippen MR) is 97.5 cm³/mol. The van der Waals surface area contributed by atoms with E-state index < -0.39 is 0 Å². The van der Waals surface area contributed by atoms with E-state index in [4.69, 9.17) is 5.73 Å². The van der Waals surface area contributed by atoms with Gasteiger partial charge in [-0.05, 0) is 37.6 Å². The Kier molecular flexibility index (Phi) is 6.39. The van der Waals surface area contributed by atoms with Crippen molar-refractivity contribution >= 4 is 28.2 Å². The van der Waals surface area contributed by atoms with E-state index in [-0.39, 0.29) is 5.91 Å². The van der Waals surface area contributed by atoms with Gasteiger partial charge in [0.15, 0.2) is 0 Å². The van der Waals surface area contributed by atoms with Crippen molar-refractivity contribution in [3.05, 3.63) is 30.0 Å². The number of rotatable bonds is 8. The molecule has 0 unspecified atom stereocenters. The van der Waals surface area contributed by atoms with E-state index in [9.17, 15) is 4.79 Å². The Morgan fingerprint density at radius 1 is 1.13 bits per heavy atom. The summed E-state index contributed by atoms with van der Waals surface area (Å²) in [6.07, 6.45) is 7.68. The molecule has 124 valence electrons. The monoisotopic (exact) mass is 313 g/mol. The van der Waals surface area contributed by atoms with E-state index in [1.165, 1.54) is 25.7 Å². The standard InChI is InChI=1S/C19H27N3O/c1-3-4-5-6-7-8-9-19(23)22-15-10-11-18-16(13-15)17(20)12-14(2)21-18/h10-13H,3-9H2,1-2H3,(H2,20,21)(H,22,23). The molecule has 2 rings (SSSR count). The van der Waals surface area contributed by atoms with Crippen molar-refractivity contribution < 1.29 is 4.79 Å². The van der Waals surface area contributed by atoms with Crippen LogP contribution in [0.2, 0.25) is 0 Å². The molecule has 2 aromatic rings. The molecule has 0 spiro atoms. The Morgan fingerprint density at radius 3 is 2.65 bits per heavy atom. The van der Waals surface area contributed by atoms with Crippen molar-refractivity contribution in [2.75, 3.05) is 11.1 Å². The Bertz CT molecular complexity index is 667. The van der Waals surface area contributed by atoms with Crippen molar-refractivity contribution in [1.29, 1.82) is 0 Å². The first-order valence-corrected chi connectivity index (χ1v) is 8.57. The molecule has 0 fully saturated rings. The molecule has 23 heavy (non-hydrogen) atoms. The van der Waals surface area contributed by atoms with Gasteiger partial charge in [0.1, 0.15) is 0 Å². The maximum absolute atomic E-state index is 12.0. The van der Waals surface area contributed by atoms with Crippen molar-refractivity contribution in [2.45, 2.75) is 58.8 Å². The Hall–Kier alpha value is -2.10. The molecule has 0 aliphatic rings. The average molecular weight is 313 g/mol. The van der Waals surface area contributed by atoms with E-state index in [0.717, 1.165) is 35.1 Å². The minimum atomic E-state index is 0.0680. The van der Waals surface area contributed by atoms with Crippen LogP contribution in [0.3, 0.4) is 0 Å². The molecule has 0 saturated carbocycles. The SMILES string of the molecule is CCCCCCCCC(=O)Nc1ccc2nc(C)cc(N)c2c1. The number of hydrogen-bond donors (Lipinski definition) is 2. The third-order valence-electron chi connectivity index (χ3n) is 4.01. The number of unbranched alkanes of at least 4 members (excludes halogenated alkanes) is 5. The van der Waals surface area contributed by atoms with Crippen molar-refractivity contribution in [2.24, 2.45) is 0 Å². The van der Waals surface area contributed by atoms with Gasteiger partial charge in [-0.15, -0.1) is 0 Å². The lowest BCUT2D eigenvalue weighted by atomic mass is 10.1. The van der Waals surface area contributed by atoms with Gasteiger partial charge < -0.3 is 11.1 Å². The summed E-state index contributed by atoms with van der Waals surface area (Å²) >= 11 is 0. The molecular weight excluding hydrogens is 286 g/mol. The van der Waals surface area contributed by atoms with Gasteiger partial charge in [-0.25, -0.2) is 0 Å². The van der Waals surface area contributed by atoms with E-state index >= 15 is 0 Å². The number of anilines is 2. The normalized spacial score (nSPS) is 10.9. The highest BCUT2D eigenvalue weighted by molar-refractivity contribution is 5.97. The van der Waals surface area contributed by atoms with Crippen LogP contribution in [0.4, 0.5) is 11.4 Å². The first-order chi connectivity index (χ1) is 11.1. The number of hydrogen-bond acceptors (Lipinski definition) is 3. The molecule has 1 heterocycles. The number of nitrogen functional groups attached to an aromatic ring is 1. The van der Waals surface area contributed by atoms with Crippen LogP contribution in [-0.4, -0.2) is 10.9 Å². The van der Waals surface area contributed by atoms with Crippen LogP contribution < -0.4 is 11.1 Å². The van der Waals surface area contributed by atoms with Crippen LogP contribution in [0.5, 0.6) is 0 Å². The third-order valence-corrected chi connectivity index (χ3v) is 4.01. The Morgan fingerprint density at radius 2 is 1.87 bits per heavy atom. The molecule has 1 aromatic heterocycles. The largest absolute Gasteiger partial charge is 0.398 e. The van der Waals surface area contributed by atoms with E-state index in [1.54, 1.807) is 0 Å². The summed E-state index contributed by atoms with van der Waals surface area (Å²) in [5.41, 5.74) is 9.28. The molecule has 4 heteroatoms. The first-order valence-electron chi connectivity index (χ1n) is 8.57. The second-order valence-electron chi connectivity index (χ2n) is 6.15. The molecular formula is C19H27N3O. The second kappa shape index (κ2) is 8.51. The van der Waals surface area contributed by atoms with Crippen molar-refractivity contribution in [3.8, 4) is 0 Å². The Labute approximate surface area is 138 Å². The zero-order chi connectivity index (χ0) is 16.7. The first kappa shape index (κ1) is 17.3. The molecule has 0 aliphatic carbocycles. The number of nitrogens with two attached hydrogens (primary N) is 1. The van der Waals surface area contributed by atoms with Gasteiger partial charge in [0.05, 0.1) is 5.52 Å². The molecule has 0 aliphatic heterocycles. The molecule has 3 N–H and O–H groups in total. The molecule has 1 aromatic carbocycles. The van der Waals surface area contributed by atoms with Crippen molar-refractivity contribution in [1.82, 2.24) is 4.98 Å². The smallest absolute Gasteiger partial charge is 0.224 e. The summed E-state index contributed by atoms with van der Waals surface area (Å²) in [6.45, 7) is 4.13. The number of fused-ring (bicyclic) bond motifs is 1. The number of benzene rings is 1. The number of carbonyl (C=O) groups excluding carboxylic acids is 1. The number of carbonyl (C=O) groups is 1. The van der Waals surface area contributed by atoms with Gasteiger partial charge in [-0.2, -0.15) is 0 Å². The second-order valence-corrected chi connectivity index (χ2v) is 6.15. The zero-order valence-electron chi connectivity index (χ0n) is 14.2. The molecule has 0 saturated heterocycles. The number of aryl methyl sites for hydroxylation is 1. The molecule has 1 amide bonds. The third kappa shape index (κ3) is 5.23. The average Bonchev–Trinajstić information content (AvgIpc) is 2.51. The molecule has 0 radical (unpaired) electrons. The summed E-state index contributed by atoms with van der Waals surface area (Å²) in [7, 11) is 0. The maximum Gasteiger partial charge on any atom is 0.224 e. The number of nitrogens with one attached hydrogen (secondary N) is 1. The van der Waals surface area contributed by atoms with Crippen LogP contribution in [0.15, 0.2) is 24.3 Å². The van der Waals surface area contributed by atoms with Gasteiger partial charge in [0, 0.05) is 28.9 Å². The minimum absolute atomic E-state index is 0.0680. The van der Waals surface area contributed by atoms with Gasteiger partial charge in [0.25, 0.3) is 0 Å². The summed E-state index contributed by atoms with van der Waals surface area (Å²) < 4.78 is 0. The summed E-state index contributed by atoms with van der Waals surface area (Å²) in [5.74, 6) is 0.0680. The predicted octanol–water partition coefficient (Wildman–Crippen LogP) is 4.81. The lowest BCUT2D eigenvalue weighted by Gasteiger charge is -2.08. The summed E-state index contributed by atoms with van der Waals surface area (Å²) in [6, 6.07) is 7.53. The lowest BCUT2D eigenvalue weighted by molar-refractivity contribution is -0.116. The van der Waals surface area contributed by atoms with Crippen LogP contribution in [-0.2, 0) is 4.79 Å². The van der Waals surface area contributed by atoms with Crippen LogP contribution in [0, 0.1) is 6.92 Å². The fraction of sp³-hybridized carbons (Fsp3) is 0.474. The highest BCUT2D eigenvalue weighted by atomic mass is 16.1. The Balaban J connectivity index is 1.87. The fourth-order valence-corrected chi connectivity index (χ4v) is 2.76. The van der Waals surface area contributed by atoms with E-state index in [2.05, 4.69) is 17.2 Å². The van der Waals surface area contributed by atoms with Gasteiger partial charge in [-0.3, -0.25) is 9.78 Å². The zero-order valence-corrected chi connectivity index (χ0v) is 14.2. The topological polar surface area (TPSA) is 68.0 Å². The highest BCUT2D eigenvalue weighted by Crippen LogP contribution is 2.24.